The van der Waals surface area contributed by atoms with Crippen LogP contribution in [0.2, 0.25) is 0 Å². The number of ether oxygens (including phenoxy) is 1. The van der Waals surface area contributed by atoms with Gasteiger partial charge in [-0.05, 0) is 54.1 Å². The van der Waals surface area contributed by atoms with E-state index in [0.717, 1.165) is 29.4 Å². The van der Waals surface area contributed by atoms with Crippen molar-refractivity contribution < 1.29 is 4.74 Å². The lowest BCUT2D eigenvalue weighted by atomic mass is 10.2. The van der Waals surface area contributed by atoms with Crippen LogP contribution in [-0.2, 0) is 6.54 Å². The first kappa shape index (κ1) is 15.0. The summed E-state index contributed by atoms with van der Waals surface area (Å²) in [5.74, 6) is 1.68. The summed E-state index contributed by atoms with van der Waals surface area (Å²) < 4.78 is 5.81. The van der Waals surface area contributed by atoms with Crippen LogP contribution in [0.4, 0.5) is 11.4 Å². The van der Waals surface area contributed by atoms with Gasteiger partial charge in [0.05, 0.1) is 0 Å². The number of nitrogens with zero attached hydrogens (tertiary/aromatic N) is 1. The molecule has 0 fully saturated rings. The molecule has 0 atom stereocenters. The van der Waals surface area contributed by atoms with Crippen molar-refractivity contribution in [2.24, 2.45) is 0 Å². The zero-order chi connectivity index (χ0) is 16.1. The van der Waals surface area contributed by atoms with Crippen LogP contribution in [0.25, 0.3) is 0 Å². The first-order valence-corrected chi connectivity index (χ1v) is 7.59. The maximum absolute atomic E-state index is 5.81. The molecule has 3 rings (SSSR count). The van der Waals surface area contributed by atoms with Gasteiger partial charge in [0.2, 0.25) is 0 Å². The zero-order valence-corrected chi connectivity index (χ0v) is 13.1. The molecule has 3 aromatic rings. The second kappa shape index (κ2) is 6.88. The molecule has 3 heteroatoms. The number of nitrogens with two attached hydrogens (primary N) is 1. The van der Waals surface area contributed by atoms with Crippen LogP contribution in [0, 0.1) is 0 Å². The lowest BCUT2D eigenvalue weighted by molar-refractivity contribution is 0.482. The Kier molecular flexibility index (Phi) is 4.48. The molecule has 0 aliphatic rings. The molecule has 0 amide bonds. The normalized spacial score (nSPS) is 10.3. The summed E-state index contributed by atoms with van der Waals surface area (Å²) in [6.07, 6.45) is 0. The third-order valence-corrected chi connectivity index (χ3v) is 3.66. The van der Waals surface area contributed by atoms with Crippen molar-refractivity contribution in [1.29, 1.82) is 0 Å². The molecule has 0 bridgehead atoms. The SMILES string of the molecule is CN(Cc1ccc(N)cc1)c1ccc(Oc2ccccc2)cc1. The predicted molar refractivity (Wildman–Crippen MR) is 95.9 cm³/mol. The Morgan fingerprint density at radius 3 is 2.04 bits per heavy atom. The molecular formula is C20H20N2O. The van der Waals surface area contributed by atoms with Gasteiger partial charge in [-0.1, -0.05) is 30.3 Å². The smallest absolute Gasteiger partial charge is 0.127 e. The maximum atomic E-state index is 5.81. The van der Waals surface area contributed by atoms with Crippen molar-refractivity contribution in [3.63, 3.8) is 0 Å². The van der Waals surface area contributed by atoms with E-state index in [0.29, 0.717) is 0 Å². The third kappa shape index (κ3) is 4.04. The summed E-state index contributed by atoms with van der Waals surface area (Å²) >= 11 is 0. The minimum Gasteiger partial charge on any atom is -0.457 e. The monoisotopic (exact) mass is 304 g/mol. The number of para-hydroxylation sites is 1. The van der Waals surface area contributed by atoms with Crippen LogP contribution in [0.1, 0.15) is 5.56 Å². The van der Waals surface area contributed by atoms with Gasteiger partial charge >= 0.3 is 0 Å². The molecule has 116 valence electrons. The van der Waals surface area contributed by atoms with Crippen molar-refractivity contribution in [3.8, 4) is 11.5 Å². The highest BCUT2D eigenvalue weighted by molar-refractivity contribution is 5.50. The van der Waals surface area contributed by atoms with Crippen LogP contribution in [0.15, 0.2) is 78.9 Å². The molecule has 0 aliphatic heterocycles. The van der Waals surface area contributed by atoms with Crippen molar-refractivity contribution in [2.75, 3.05) is 17.7 Å². The Labute approximate surface area is 136 Å². The molecule has 23 heavy (non-hydrogen) atoms. The third-order valence-electron chi connectivity index (χ3n) is 3.66. The fourth-order valence-electron chi connectivity index (χ4n) is 2.38. The summed E-state index contributed by atoms with van der Waals surface area (Å²) in [6, 6.07) is 25.9. The lowest BCUT2D eigenvalue weighted by Gasteiger charge is -2.20. The van der Waals surface area contributed by atoms with E-state index in [9.17, 15) is 0 Å². The van der Waals surface area contributed by atoms with E-state index in [-0.39, 0.29) is 0 Å². The van der Waals surface area contributed by atoms with Crippen molar-refractivity contribution in [1.82, 2.24) is 0 Å². The van der Waals surface area contributed by atoms with Crippen molar-refractivity contribution in [2.45, 2.75) is 6.54 Å². The van der Waals surface area contributed by atoms with Gasteiger partial charge in [0.15, 0.2) is 0 Å². The summed E-state index contributed by atoms with van der Waals surface area (Å²) in [5.41, 5.74) is 8.88. The molecule has 0 radical (unpaired) electrons. The molecule has 0 spiro atoms. The van der Waals surface area contributed by atoms with Gasteiger partial charge < -0.3 is 15.4 Å². The van der Waals surface area contributed by atoms with Crippen LogP contribution in [0.5, 0.6) is 11.5 Å². The fourth-order valence-corrected chi connectivity index (χ4v) is 2.38. The van der Waals surface area contributed by atoms with Crippen LogP contribution < -0.4 is 15.4 Å². The number of anilines is 2. The van der Waals surface area contributed by atoms with Gasteiger partial charge in [-0.25, -0.2) is 0 Å². The van der Waals surface area contributed by atoms with E-state index < -0.39 is 0 Å². The number of hydrogen-bond donors (Lipinski definition) is 1. The van der Waals surface area contributed by atoms with E-state index in [1.165, 1.54) is 5.56 Å². The number of nitrogen functional groups attached to an aromatic ring is 1. The predicted octanol–water partition coefficient (Wildman–Crippen LogP) is 4.70. The summed E-state index contributed by atoms with van der Waals surface area (Å²) in [4.78, 5) is 2.19. The van der Waals surface area contributed by atoms with Gasteiger partial charge in [0, 0.05) is 25.0 Å². The van der Waals surface area contributed by atoms with Crippen molar-refractivity contribution in [3.05, 3.63) is 84.4 Å². The van der Waals surface area contributed by atoms with Gasteiger partial charge in [0.25, 0.3) is 0 Å². The number of benzene rings is 3. The molecule has 0 unspecified atom stereocenters. The van der Waals surface area contributed by atoms with Gasteiger partial charge in [0.1, 0.15) is 11.5 Å². The molecule has 2 N–H and O–H groups in total. The van der Waals surface area contributed by atoms with E-state index in [1.54, 1.807) is 0 Å². The Morgan fingerprint density at radius 1 is 0.783 bits per heavy atom. The molecule has 3 aromatic carbocycles. The highest BCUT2D eigenvalue weighted by atomic mass is 16.5. The summed E-state index contributed by atoms with van der Waals surface area (Å²) in [6.45, 7) is 0.833. The quantitative estimate of drug-likeness (QED) is 0.694. The Balaban J connectivity index is 1.65. The number of rotatable bonds is 5. The fraction of sp³-hybridized carbons (Fsp3) is 0.100. The average Bonchev–Trinajstić information content (AvgIpc) is 2.58. The highest BCUT2D eigenvalue weighted by Crippen LogP contribution is 2.24. The highest BCUT2D eigenvalue weighted by Gasteiger charge is 2.03. The Morgan fingerprint density at radius 2 is 1.39 bits per heavy atom. The molecule has 0 saturated heterocycles. The van der Waals surface area contributed by atoms with E-state index in [2.05, 4.69) is 36.2 Å². The topological polar surface area (TPSA) is 38.5 Å². The number of hydrogen-bond acceptors (Lipinski definition) is 3. The second-order valence-corrected chi connectivity index (χ2v) is 5.51. The summed E-state index contributed by atoms with van der Waals surface area (Å²) in [5, 5.41) is 0. The van der Waals surface area contributed by atoms with E-state index in [4.69, 9.17) is 10.5 Å². The second-order valence-electron chi connectivity index (χ2n) is 5.51. The minimum atomic E-state index is 0.791. The molecule has 0 aliphatic carbocycles. The standard InChI is InChI=1S/C20H20N2O/c1-22(15-16-7-9-17(21)10-8-16)18-11-13-20(14-12-18)23-19-5-3-2-4-6-19/h2-14H,15,21H2,1H3. The van der Waals surface area contributed by atoms with Crippen molar-refractivity contribution >= 4 is 11.4 Å². The van der Waals surface area contributed by atoms with Crippen LogP contribution >= 0.6 is 0 Å². The minimum absolute atomic E-state index is 0.791. The van der Waals surface area contributed by atoms with Gasteiger partial charge in [-0.3, -0.25) is 0 Å². The zero-order valence-electron chi connectivity index (χ0n) is 13.1. The van der Waals surface area contributed by atoms with Gasteiger partial charge in [-0.2, -0.15) is 0 Å². The van der Waals surface area contributed by atoms with E-state index in [1.807, 2.05) is 54.6 Å². The molecule has 0 saturated carbocycles. The summed E-state index contributed by atoms with van der Waals surface area (Å²) in [7, 11) is 2.07. The molecule has 0 aromatic heterocycles. The Bertz CT molecular complexity index is 737. The molecule has 0 heterocycles. The van der Waals surface area contributed by atoms with E-state index >= 15 is 0 Å². The average molecular weight is 304 g/mol. The largest absolute Gasteiger partial charge is 0.457 e. The lowest BCUT2D eigenvalue weighted by Crippen LogP contribution is -2.16. The molecule has 3 nitrogen and oxygen atoms in total. The first-order valence-electron chi connectivity index (χ1n) is 7.59. The van der Waals surface area contributed by atoms with Crippen LogP contribution in [0.3, 0.4) is 0 Å². The van der Waals surface area contributed by atoms with Crippen LogP contribution in [-0.4, -0.2) is 7.05 Å². The first-order chi connectivity index (χ1) is 11.2. The molecular weight excluding hydrogens is 284 g/mol. The van der Waals surface area contributed by atoms with Gasteiger partial charge in [-0.15, -0.1) is 0 Å². The Hall–Kier alpha value is -2.94. The maximum Gasteiger partial charge on any atom is 0.127 e.